The van der Waals surface area contributed by atoms with Crippen molar-refractivity contribution in [1.82, 2.24) is 14.9 Å². The minimum atomic E-state index is -0.0217. The Bertz CT molecular complexity index is 855. The van der Waals surface area contributed by atoms with Gasteiger partial charge in [-0.15, -0.1) is 0 Å². The van der Waals surface area contributed by atoms with Crippen LogP contribution in [-0.2, 0) is 4.79 Å². The van der Waals surface area contributed by atoms with Gasteiger partial charge >= 0.3 is 0 Å². The van der Waals surface area contributed by atoms with E-state index in [1.54, 1.807) is 30.6 Å². The molecule has 2 atom stereocenters. The van der Waals surface area contributed by atoms with Crippen LogP contribution in [0.3, 0.4) is 0 Å². The van der Waals surface area contributed by atoms with Gasteiger partial charge in [0.05, 0.1) is 6.54 Å². The number of Topliss-reactive ketones (excluding diaryl/α,β-unsaturated/α-hetero) is 1. The van der Waals surface area contributed by atoms with Gasteiger partial charge in [-0.05, 0) is 44.5 Å². The zero-order valence-corrected chi connectivity index (χ0v) is 15.6. The molecule has 5 rings (SSSR count). The van der Waals surface area contributed by atoms with Gasteiger partial charge in [-0.25, -0.2) is 9.97 Å². The van der Waals surface area contributed by atoms with Gasteiger partial charge in [0.25, 0.3) is 0 Å². The molecule has 3 saturated heterocycles. The third-order valence-electron chi connectivity index (χ3n) is 5.36. The van der Waals surface area contributed by atoms with Crippen molar-refractivity contribution in [3.8, 4) is 0 Å². The number of aromatic nitrogens is 2. The van der Waals surface area contributed by atoms with Gasteiger partial charge in [0, 0.05) is 48.2 Å². The van der Waals surface area contributed by atoms with E-state index in [0.717, 1.165) is 31.0 Å². The van der Waals surface area contributed by atoms with Gasteiger partial charge in [0.15, 0.2) is 5.78 Å². The second-order valence-corrected chi connectivity index (χ2v) is 7.32. The number of carbonyl (C=O) groups is 2. The lowest BCUT2D eigenvalue weighted by atomic mass is 9.87. The molecule has 2 aromatic rings. The summed E-state index contributed by atoms with van der Waals surface area (Å²) in [6.07, 6.45) is 2.73. The van der Waals surface area contributed by atoms with Crippen molar-refractivity contribution < 1.29 is 9.59 Å². The fourth-order valence-electron chi connectivity index (χ4n) is 3.90. The number of fused-ring (bicyclic) bond motifs is 2. The summed E-state index contributed by atoms with van der Waals surface area (Å²) in [6, 6.07) is 9.77. The van der Waals surface area contributed by atoms with Crippen molar-refractivity contribution in [2.75, 3.05) is 29.9 Å². The molecule has 3 aliphatic heterocycles. The number of anilines is 2. The molecular weight excluding hydrogens is 342 g/mol. The number of nitrogens with one attached hydrogen (secondary N) is 1. The topological polar surface area (TPSA) is 78.4 Å². The molecule has 1 amide bonds. The molecule has 0 aliphatic carbocycles. The Balaban J connectivity index is 1.32. The maximum Gasteiger partial charge on any atom is 0.238 e. The summed E-state index contributed by atoms with van der Waals surface area (Å²) in [4.78, 5) is 36.8. The lowest BCUT2D eigenvalue weighted by molar-refractivity contribution is -0.121. The lowest BCUT2D eigenvalue weighted by Gasteiger charge is -2.56. The van der Waals surface area contributed by atoms with Crippen LogP contribution in [0.4, 0.5) is 11.5 Å². The molecule has 2 unspecified atom stereocenters. The summed E-state index contributed by atoms with van der Waals surface area (Å²) in [7, 11) is 0. The summed E-state index contributed by atoms with van der Waals surface area (Å²) in [5, 5.41) is 2.92. The fraction of sp³-hybridized carbons (Fsp3) is 0.400. The van der Waals surface area contributed by atoms with E-state index in [9.17, 15) is 9.59 Å². The Kier molecular flexibility index (Phi) is 4.61. The highest BCUT2D eigenvalue weighted by Gasteiger charge is 2.45. The molecule has 140 valence electrons. The highest BCUT2D eigenvalue weighted by Crippen LogP contribution is 2.33. The number of nitrogens with zero attached hydrogens (tertiary/aromatic N) is 4. The van der Waals surface area contributed by atoms with Crippen LogP contribution in [0.25, 0.3) is 0 Å². The van der Waals surface area contributed by atoms with Crippen molar-refractivity contribution in [1.29, 1.82) is 0 Å². The first-order valence-electron chi connectivity index (χ1n) is 9.20. The molecule has 0 radical (unpaired) electrons. The van der Waals surface area contributed by atoms with E-state index in [0.29, 0.717) is 29.9 Å². The van der Waals surface area contributed by atoms with Gasteiger partial charge in [0.2, 0.25) is 5.91 Å². The van der Waals surface area contributed by atoms with Crippen LogP contribution in [-0.4, -0.2) is 58.3 Å². The third kappa shape index (κ3) is 3.68. The molecule has 1 N–H and O–H groups in total. The molecule has 4 heterocycles. The van der Waals surface area contributed by atoms with E-state index in [4.69, 9.17) is 0 Å². The average molecular weight is 365 g/mol. The number of carbonyl (C=O) groups excluding carboxylic acids is 2. The molecule has 1 aromatic carbocycles. The Morgan fingerprint density at radius 2 is 1.85 bits per heavy atom. The molecule has 27 heavy (non-hydrogen) atoms. The molecule has 3 aliphatic rings. The number of rotatable bonds is 5. The predicted molar refractivity (Wildman–Crippen MR) is 103 cm³/mol. The highest BCUT2D eigenvalue weighted by molar-refractivity contribution is 5.96. The number of benzene rings is 1. The monoisotopic (exact) mass is 365 g/mol. The third-order valence-corrected chi connectivity index (χ3v) is 5.36. The van der Waals surface area contributed by atoms with Crippen molar-refractivity contribution in [3.63, 3.8) is 0 Å². The van der Waals surface area contributed by atoms with Crippen LogP contribution in [0.15, 0.2) is 36.7 Å². The van der Waals surface area contributed by atoms with Crippen molar-refractivity contribution in [3.05, 3.63) is 47.9 Å². The Hall–Kier alpha value is -2.80. The maximum absolute atomic E-state index is 12.4. The van der Waals surface area contributed by atoms with Crippen molar-refractivity contribution in [2.24, 2.45) is 0 Å². The number of ketones is 1. The summed E-state index contributed by atoms with van der Waals surface area (Å²) < 4.78 is 0. The molecule has 7 heteroatoms. The Morgan fingerprint density at radius 3 is 2.48 bits per heavy atom. The predicted octanol–water partition coefficient (Wildman–Crippen LogP) is 1.89. The average Bonchev–Trinajstić information content (AvgIpc) is 2.66. The number of hydrogen-bond donors (Lipinski definition) is 1. The zero-order valence-electron chi connectivity index (χ0n) is 15.6. The van der Waals surface area contributed by atoms with Crippen LogP contribution >= 0.6 is 0 Å². The second-order valence-electron chi connectivity index (χ2n) is 7.32. The van der Waals surface area contributed by atoms with Crippen LogP contribution < -0.4 is 10.2 Å². The van der Waals surface area contributed by atoms with E-state index in [2.05, 4.69) is 25.1 Å². The van der Waals surface area contributed by atoms with E-state index in [-0.39, 0.29) is 11.7 Å². The molecule has 3 fully saturated rings. The molecular formula is C20H23N5O2. The smallest absolute Gasteiger partial charge is 0.238 e. The number of piperidine rings is 1. The lowest BCUT2D eigenvalue weighted by Crippen LogP contribution is -2.69. The van der Waals surface area contributed by atoms with E-state index in [1.165, 1.54) is 6.92 Å². The molecule has 1 aromatic heterocycles. The first kappa shape index (κ1) is 17.6. The van der Waals surface area contributed by atoms with Crippen LogP contribution in [0.1, 0.15) is 29.4 Å². The molecule has 7 nitrogen and oxygen atoms in total. The van der Waals surface area contributed by atoms with Crippen molar-refractivity contribution in [2.45, 2.75) is 32.4 Å². The quantitative estimate of drug-likeness (QED) is 0.816. The minimum Gasteiger partial charge on any atom is -0.353 e. The summed E-state index contributed by atoms with van der Waals surface area (Å²) in [5.74, 6) is 0.961. The van der Waals surface area contributed by atoms with Gasteiger partial charge in [-0.2, -0.15) is 0 Å². The van der Waals surface area contributed by atoms with Crippen LogP contribution in [0.2, 0.25) is 0 Å². The maximum atomic E-state index is 12.4. The summed E-state index contributed by atoms with van der Waals surface area (Å²) >= 11 is 0. The number of aryl methyl sites for hydroxylation is 1. The molecule has 0 saturated carbocycles. The second kappa shape index (κ2) is 7.08. The standard InChI is InChI=1S/C20H23N5O2/c1-13-7-19(22-12-21-13)24-9-17-8-18(10-24)25(17)11-20(27)23-16-5-3-15(4-6-16)14(2)26/h3-7,12,17-18H,8-11H2,1-2H3,(H,23,27). The first-order chi connectivity index (χ1) is 13.0. The summed E-state index contributed by atoms with van der Waals surface area (Å²) in [6.45, 7) is 5.65. The minimum absolute atomic E-state index is 0.0183. The number of piperazine rings is 1. The molecule has 0 spiro atoms. The van der Waals surface area contributed by atoms with E-state index < -0.39 is 0 Å². The van der Waals surface area contributed by atoms with E-state index >= 15 is 0 Å². The Morgan fingerprint density at radius 1 is 1.15 bits per heavy atom. The number of amides is 1. The van der Waals surface area contributed by atoms with Crippen LogP contribution in [0.5, 0.6) is 0 Å². The summed E-state index contributed by atoms with van der Waals surface area (Å²) in [5.41, 5.74) is 2.32. The Labute approximate surface area is 158 Å². The number of hydrogen-bond acceptors (Lipinski definition) is 6. The highest BCUT2D eigenvalue weighted by atomic mass is 16.2. The van der Waals surface area contributed by atoms with Crippen LogP contribution in [0, 0.1) is 6.92 Å². The zero-order chi connectivity index (χ0) is 19.0. The van der Waals surface area contributed by atoms with Crippen molar-refractivity contribution >= 4 is 23.2 Å². The SMILES string of the molecule is CC(=O)c1ccc(NC(=O)CN2C3CC2CN(c2cc(C)ncn2)C3)cc1. The fourth-order valence-corrected chi connectivity index (χ4v) is 3.90. The first-order valence-corrected chi connectivity index (χ1v) is 9.20. The van der Waals surface area contributed by atoms with Gasteiger partial charge < -0.3 is 10.2 Å². The van der Waals surface area contributed by atoms with E-state index in [1.807, 2.05) is 13.0 Å². The van der Waals surface area contributed by atoms with Gasteiger partial charge in [-0.1, -0.05) is 0 Å². The van der Waals surface area contributed by atoms with Gasteiger partial charge in [0.1, 0.15) is 12.1 Å². The normalized spacial score (nSPS) is 21.5. The largest absolute Gasteiger partial charge is 0.353 e. The molecule has 2 bridgehead atoms. The van der Waals surface area contributed by atoms with Gasteiger partial charge in [-0.3, -0.25) is 14.5 Å².